The molecule has 1 N–H and O–H groups in total. The SMILES string of the molecule is COc1ccc(/C(O)=C2/C(=O)C(=O)N(c3ccc(OC)c(Cl)c3)C2c2cccc(C)c2)c(OC)c1. The van der Waals surface area contributed by atoms with E-state index in [1.807, 2.05) is 25.1 Å². The average molecular weight is 494 g/mol. The van der Waals surface area contributed by atoms with Crippen LogP contribution in [0.1, 0.15) is 22.7 Å². The van der Waals surface area contributed by atoms with E-state index < -0.39 is 17.7 Å². The van der Waals surface area contributed by atoms with Crippen molar-refractivity contribution in [1.82, 2.24) is 0 Å². The van der Waals surface area contributed by atoms with Gasteiger partial charge in [-0.3, -0.25) is 14.5 Å². The number of benzene rings is 3. The van der Waals surface area contributed by atoms with Gasteiger partial charge in [0.15, 0.2) is 0 Å². The first-order valence-electron chi connectivity index (χ1n) is 10.7. The maximum Gasteiger partial charge on any atom is 0.300 e. The predicted molar refractivity (Wildman–Crippen MR) is 134 cm³/mol. The number of ketones is 1. The number of carbonyl (C=O) groups excluding carboxylic acids is 2. The summed E-state index contributed by atoms with van der Waals surface area (Å²) in [6.45, 7) is 1.91. The Morgan fingerprint density at radius 1 is 0.914 bits per heavy atom. The molecule has 3 aromatic carbocycles. The number of amides is 1. The maximum atomic E-state index is 13.4. The summed E-state index contributed by atoms with van der Waals surface area (Å²) >= 11 is 6.34. The standard InChI is InChI=1S/C27H24ClNO6/c1-15-6-5-7-16(12-15)24-23(25(30)19-10-9-18(33-2)14-22(19)35-4)26(31)27(32)29(24)17-8-11-21(34-3)20(28)13-17/h5-14,24,30H,1-4H3/b25-23-. The van der Waals surface area contributed by atoms with Crippen LogP contribution in [0.25, 0.3) is 5.76 Å². The van der Waals surface area contributed by atoms with Gasteiger partial charge in [-0.2, -0.15) is 0 Å². The highest BCUT2D eigenvalue weighted by Gasteiger charge is 2.47. The fourth-order valence-corrected chi connectivity index (χ4v) is 4.45. The number of Topliss-reactive ketones (excluding diaryl/α,β-unsaturated/α-hetero) is 1. The molecule has 1 unspecified atom stereocenters. The Labute approximate surface area is 208 Å². The molecule has 8 heteroatoms. The highest BCUT2D eigenvalue weighted by Crippen LogP contribution is 2.45. The first-order chi connectivity index (χ1) is 16.8. The Balaban J connectivity index is 1.97. The van der Waals surface area contributed by atoms with Crippen molar-refractivity contribution in [3.63, 3.8) is 0 Å². The van der Waals surface area contributed by atoms with E-state index in [0.717, 1.165) is 5.56 Å². The molecule has 1 atom stereocenters. The molecule has 1 saturated heterocycles. The zero-order valence-electron chi connectivity index (χ0n) is 19.7. The number of aryl methyl sites for hydroxylation is 1. The van der Waals surface area contributed by atoms with E-state index in [9.17, 15) is 14.7 Å². The van der Waals surface area contributed by atoms with Gasteiger partial charge in [0, 0.05) is 11.8 Å². The quantitative estimate of drug-likeness (QED) is 0.285. The Hall–Kier alpha value is -3.97. The normalized spacial score (nSPS) is 16.9. The summed E-state index contributed by atoms with van der Waals surface area (Å²) in [6, 6.07) is 16.2. The number of hydrogen-bond donors (Lipinski definition) is 1. The maximum absolute atomic E-state index is 13.4. The molecular weight excluding hydrogens is 470 g/mol. The lowest BCUT2D eigenvalue weighted by Crippen LogP contribution is -2.29. The van der Waals surface area contributed by atoms with E-state index in [2.05, 4.69) is 0 Å². The largest absolute Gasteiger partial charge is 0.507 e. The third-order valence-corrected chi connectivity index (χ3v) is 6.18. The summed E-state index contributed by atoms with van der Waals surface area (Å²) in [6.07, 6.45) is 0. The second-order valence-corrected chi connectivity index (χ2v) is 8.38. The monoisotopic (exact) mass is 493 g/mol. The predicted octanol–water partition coefficient (Wildman–Crippen LogP) is 5.30. The summed E-state index contributed by atoms with van der Waals surface area (Å²) < 4.78 is 15.9. The molecule has 0 radical (unpaired) electrons. The van der Waals surface area contributed by atoms with Gasteiger partial charge in [-0.05, 0) is 42.8 Å². The van der Waals surface area contributed by atoms with Crippen LogP contribution in [0.5, 0.6) is 17.2 Å². The highest BCUT2D eigenvalue weighted by atomic mass is 35.5. The Morgan fingerprint density at radius 2 is 1.66 bits per heavy atom. The van der Waals surface area contributed by atoms with Crippen molar-refractivity contribution < 1.29 is 28.9 Å². The lowest BCUT2D eigenvalue weighted by atomic mass is 9.94. The number of anilines is 1. The number of aliphatic hydroxyl groups excluding tert-OH is 1. The fraction of sp³-hybridized carbons (Fsp3) is 0.185. The summed E-state index contributed by atoms with van der Waals surface area (Å²) in [5.41, 5.74) is 2.19. The fourth-order valence-electron chi connectivity index (χ4n) is 4.20. The second-order valence-electron chi connectivity index (χ2n) is 7.97. The minimum absolute atomic E-state index is 0.0593. The number of halogens is 1. The van der Waals surface area contributed by atoms with Gasteiger partial charge in [0.05, 0.1) is 43.5 Å². The Bertz CT molecular complexity index is 1350. The van der Waals surface area contributed by atoms with E-state index >= 15 is 0 Å². The van der Waals surface area contributed by atoms with Crippen molar-refractivity contribution in [3.8, 4) is 17.2 Å². The van der Waals surface area contributed by atoms with Crippen LogP contribution >= 0.6 is 11.6 Å². The van der Waals surface area contributed by atoms with Gasteiger partial charge in [0.25, 0.3) is 11.7 Å². The molecule has 1 amide bonds. The molecule has 0 aliphatic carbocycles. The van der Waals surface area contributed by atoms with E-state index in [1.54, 1.807) is 42.5 Å². The van der Waals surface area contributed by atoms with Crippen molar-refractivity contribution in [3.05, 3.63) is 87.9 Å². The average Bonchev–Trinajstić information content (AvgIpc) is 3.13. The number of rotatable bonds is 6. The van der Waals surface area contributed by atoms with Crippen LogP contribution in [-0.4, -0.2) is 38.1 Å². The van der Waals surface area contributed by atoms with Crippen LogP contribution in [-0.2, 0) is 9.59 Å². The third-order valence-electron chi connectivity index (χ3n) is 5.88. The van der Waals surface area contributed by atoms with Crippen LogP contribution in [0.4, 0.5) is 5.69 Å². The Kier molecular flexibility index (Phi) is 6.71. The van der Waals surface area contributed by atoms with Crippen molar-refractivity contribution in [2.45, 2.75) is 13.0 Å². The summed E-state index contributed by atoms with van der Waals surface area (Å²) in [5, 5.41) is 11.7. The molecule has 3 aromatic rings. The first-order valence-corrected chi connectivity index (χ1v) is 11.1. The molecule has 1 aliphatic rings. The van der Waals surface area contributed by atoms with Crippen LogP contribution in [0.2, 0.25) is 5.02 Å². The highest BCUT2D eigenvalue weighted by molar-refractivity contribution is 6.52. The van der Waals surface area contributed by atoms with Crippen LogP contribution in [0, 0.1) is 6.92 Å². The summed E-state index contributed by atoms with van der Waals surface area (Å²) in [5.74, 6) is -0.713. The lowest BCUT2D eigenvalue weighted by Gasteiger charge is -2.26. The third kappa shape index (κ3) is 4.31. The van der Waals surface area contributed by atoms with Gasteiger partial charge in [-0.15, -0.1) is 0 Å². The zero-order chi connectivity index (χ0) is 25.3. The molecule has 0 bridgehead atoms. The second kappa shape index (κ2) is 9.72. The topological polar surface area (TPSA) is 85.3 Å². The van der Waals surface area contributed by atoms with Crippen LogP contribution in [0.15, 0.2) is 66.2 Å². The van der Waals surface area contributed by atoms with E-state index in [-0.39, 0.29) is 21.9 Å². The molecule has 0 saturated carbocycles. The molecule has 0 aromatic heterocycles. The van der Waals surface area contributed by atoms with Crippen molar-refractivity contribution >= 4 is 34.7 Å². The molecular formula is C27H24ClNO6. The lowest BCUT2D eigenvalue weighted by molar-refractivity contribution is -0.132. The summed E-state index contributed by atoms with van der Waals surface area (Å²) in [7, 11) is 4.45. The Morgan fingerprint density at radius 3 is 2.29 bits per heavy atom. The van der Waals surface area contributed by atoms with Crippen molar-refractivity contribution in [2.75, 3.05) is 26.2 Å². The van der Waals surface area contributed by atoms with Gasteiger partial charge in [0.1, 0.15) is 23.0 Å². The summed E-state index contributed by atoms with van der Waals surface area (Å²) in [4.78, 5) is 28.1. The van der Waals surface area contributed by atoms with Crippen LogP contribution < -0.4 is 19.1 Å². The van der Waals surface area contributed by atoms with Gasteiger partial charge in [-0.25, -0.2) is 0 Å². The number of ether oxygens (including phenoxy) is 3. The number of hydrogen-bond acceptors (Lipinski definition) is 6. The number of methoxy groups -OCH3 is 3. The van der Waals surface area contributed by atoms with Gasteiger partial charge in [-0.1, -0.05) is 41.4 Å². The van der Waals surface area contributed by atoms with Crippen molar-refractivity contribution in [1.29, 1.82) is 0 Å². The minimum Gasteiger partial charge on any atom is -0.507 e. The smallest absolute Gasteiger partial charge is 0.300 e. The first kappa shape index (κ1) is 24.2. The molecule has 4 rings (SSSR count). The van der Waals surface area contributed by atoms with E-state index in [0.29, 0.717) is 28.5 Å². The van der Waals surface area contributed by atoms with E-state index in [1.165, 1.54) is 26.2 Å². The minimum atomic E-state index is -0.897. The van der Waals surface area contributed by atoms with E-state index in [4.69, 9.17) is 25.8 Å². The molecule has 1 aliphatic heterocycles. The number of aliphatic hydroxyl groups is 1. The number of nitrogens with zero attached hydrogens (tertiary/aromatic N) is 1. The molecule has 0 spiro atoms. The zero-order valence-corrected chi connectivity index (χ0v) is 20.4. The molecule has 7 nitrogen and oxygen atoms in total. The molecule has 35 heavy (non-hydrogen) atoms. The van der Waals surface area contributed by atoms with Gasteiger partial charge in [0.2, 0.25) is 0 Å². The van der Waals surface area contributed by atoms with Gasteiger partial charge >= 0.3 is 0 Å². The van der Waals surface area contributed by atoms with Crippen LogP contribution in [0.3, 0.4) is 0 Å². The molecule has 180 valence electrons. The number of carbonyl (C=O) groups is 2. The van der Waals surface area contributed by atoms with Gasteiger partial charge < -0.3 is 19.3 Å². The molecule has 1 heterocycles. The molecule has 1 fully saturated rings. The van der Waals surface area contributed by atoms with Crippen molar-refractivity contribution in [2.24, 2.45) is 0 Å².